The van der Waals surface area contributed by atoms with E-state index >= 15 is 0 Å². The summed E-state index contributed by atoms with van der Waals surface area (Å²) in [4.78, 5) is 15.7. The molecule has 4 nitrogen and oxygen atoms in total. The number of halogens is 1. The number of pyridine rings is 1. The van der Waals surface area contributed by atoms with Crippen LogP contribution in [0.1, 0.15) is 10.4 Å². The summed E-state index contributed by atoms with van der Waals surface area (Å²) in [5.41, 5.74) is 6.72. The van der Waals surface area contributed by atoms with Gasteiger partial charge in [-0.25, -0.2) is 4.98 Å². The molecule has 0 bridgehead atoms. The number of nitrogen functional groups attached to an aromatic ring is 1. The summed E-state index contributed by atoms with van der Waals surface area (Å²) in [5.74, 6) is -0.0206. The molecule has 0 saturated carbocycles. The Hall–Kier alpha value is -2.07. The van der Waals surface area contributed by atoms with Crippen LogP contribution < -0.4 is 11.1 Å². The first-order chi connectivity index (χ1) is 7.77. The summed E-state index contributed by atoms with van der Waals surface area (Å²) in [7, 11) is 0. The molecule has 0 unspecified atom stereocenters. The normalized spacial score (nSPS) is 9.18. The molecule has 3 N–H and O–H groups in total. The maximum absolute atomic E-state index is 11.8. The molecule has 1 aromatic heterocycles. The van der Waals surface area contributed by atoms with Gasteiger partial charge in [-0.15, -0.1) is 12.4 Å². The molecule has 1 heterocycles. The first kappa shape index (κ1) is 13.0. The van der Waals surface area contributed by atoms with E-state index in [1.165, 1.54) is 0 Å². The van der Waals surface area contributed by atoms with Crippen LogP contribution in [0.25, 0.3) is 0 Å². The van der Waals surface area contributed by atoms with Crippen molar-refractivity contribution in [1.82, 2.24) is 4.98 Å². The number of anilines is 2. The third-order valence-corrected chi connectivity index (χ3v) is 2.11. The summed E-state index contributed by atoms with van der Waals surface area (Å²) in [6.07, 6.45) is 1.55. The lowest BCUT2D eigenvalue weighted by Gasteiger charge is -2.05. The highest BCUT2D eigenvalue weighted by atomic mass is 35.5. The van der Waals surface area contributed by atoms with Crippen LogP contribution in [0.3, 0.4) is 0 Å². The first-order valence-corrected chi connectivity index (χ1v) is 4.84. The first-order valence-electron chi connectivity index (χ1n) is 4.84. The molecular weight excluding hydrogens is 238 g/mol. The quantitative estimate of drug-likeness (QED) is 0.858. The van der Waals surface area contributed by atoms with E-state index in [0.29, 0.717) is 5.56 Å². The number of amides is 1. The maximum Gasteiger partial charge on any atom is 0.259 e. The topological polar surface area (TPSA) is 68.0 Å². The molecular formula is C12H12ClN3O. The van der Waals surface area contributed by atoms with E-state index in [2.05, 4.69) is 10.3 Å². The molecule has 0 aliphatic heterocycles. The van der Waals surface area contributed by atoms with Gasteiger partial charge in [0.1, 0.15) is 5.82 Å². The minimum absolute atomic E-state index is 0. The molecule has 0 aliphatic rings. The third kappa shape index (κ3) is 3.19. The number of nitrogens with one attached hydrogen (secondary N) is 1. The molecule has 0 atom stereocenters. The van der Waals surface area contributed by atoms with Gasteiger partial charge in [-0.05, 0) is 24.3 Å². The number of nitrogens with zero attached hydrogens (tertiary/aromatic N) is 1. The number of para-hydroxylation sites is 1. The molecule has 0 radical (unpaired) electrons. The van der Waals surface area contributed by atoms with Crippen LogP contribution in [0, 0.1) is 0 Å². The highest BCUT2D eigenvalue weighted by molar-refractivity contribution is 6.07. The minimum Gasteiger partial charge on any atom is -0.383 e. The van der Waals surface area contributed by atoms with Gasteiger partial charge in [0.25, 0.3) is 5.91 Å². The largest absolute Gasteiger partial charge is 0.383 e. The second kappa shape index (κ2) is 5.86. The maximum atomic E-state index is 11.8. The monoisotopic (exact) mass is 249 g/mol. The summed E-state index contributed by atoms with van der Waals surface area (Å²) in [6, 6.07) is 12.5. The van der Waals surface area contributed by atoms with Crippen molar-refractivity contribution in [3.63, 3.8) is 0 Å². The molecule has 88 valence electrons. The predicted octanol–water partition coefficient (Wildman–Crippen LogP) is 2.34. The Balaban J connectivity index is 0.00000144. The fraction of sp³-hybridized carbons (Fsp3) is 0. The van der Waals surface area contributed by atoms with Gasteiger partial charge in [-0.3, -0.25) is 4.79 Å². The second-order valence-electron chi connectivity index (χ2n) is 3.26. The zero-order valence-electron chi connectivity index (χ0n) is 8.96. The summed E-state index contributed by atoms with van der Waals surface area (Å²) >= 11 is 0. The molecule has 0 fully saturated rings. The number of aromatic nitrogens is 1. The molecule has 0 spiro atoms. The zero-order valence-corrected chi connectivity index (χ0v) is 9.78. The van der Waals surface area contributed by atoms with Crippen molar-refractivity contribution in [3.05, 3.63) is 54.2 Å². The molecule has 0 aliphatic carbocycles. The van der Waals surface area contributed by atoms with E-state index in [-0.39, 0.29) is 24.1 Å². The van der Waals surface area contributed by atoms with Crippen LogP contribution in [0.15, 0.2) is 48.7 Å². The SMILES string of the molecule is Cl.Nc1ncccc1C(=O)Nc1ccccc1. The fourth-order valence-electron chi connectivity index (χ4n) is 1.33. The summed E-state index contributed by atoms with van der Waals surface area (Å²) in [6.45, 7) is 0. The van der Waals surface area contributed by atoms with Crippen LogP contribution in [0.5, 0.6) is 0 Å². The smallest absolute Gasteiger partial charge is 0.259 e. The van der Waals surface area contributed by atoms with Crippen LogP contribution in [0.4, 0.5) is 11.5 Å². The van der Waals surface area contributed by atoms with Crippen molar-refractivity contribution in [3.8, 4) is 0 Å². The fourth-order valence-corrected chi connectivity index (χ4v) is 1.33. The number of benzene rings is 1. The van der Waals surface area contributed by atoms with Crippen LogP contribution in [-0.4, -0.2) is 10.9 Å². The van der Waals surface area contributed by atoms with E-state index in [0.717, 1.165) is 5.69 Å². The van der Waals surface area contributed by atoms with Gasteiger partial charge in [0.05, 0.1) is 5.56 Å². The van der Waals surface area contributed by atoms with E-state index in [9.17, 15) is 4.79 Å². The van der Waals surface area contributed by atoms with Crippen molar-refractivity contribution in [2.75, 3.05) is 11.1 Å². The third-order valence-electron chi connectivity index (χ3n) is 2.11. The molecule has 0 saturated heterocycles. The van der Waals surface area contributed by atoms with E-state index in [4.69, 9.17) is 5.73 Å². The Bertz CT molecular complexity index is 502. The molecule has 1 aromatic carbocycles. The molecule has 2 aromatic rings. The highest BCUT2D eigenvalue weighted by Gasteiger charge is 2.09. The van der Waals surface area contributed by atoms with Crippen LogP contribution in [0.2, 0.25) is 0 Å². The molecule has 1 amide bonds. The van der Waals surface area contributed by atoms with Crippen LogP contribution in [-0.2, 0) is 0 Å². The van der Waals surface area contributed by atoms with Gasteiger partial charge in [0.15, 0.2) is 0 Å². The molecule has 2 rings (SSSR count). The lowest BCUT2D eigenvalue weighted by molar-refractivity contribution is 0.102. The predicted molar refractivity (Wildman–Crippen MR) is 70.3 cm³/mol. The Kier molecular flexibility index (Phi) is 4.48. The van der Waals surface area contributed by atoms with Crippen molar-refractivity contribution in [2.45, 2.75) is 0 Å². The lowest BCUT2D eigenvalue weighted by Crippen LogP contribution is -2.14. The molecule has 5 heteroatoms. The van der Waals surface area contributed by atoms with Gasteiger partial charge in [0.2, 0.25) is 0 Å². The van der Waals surface area contributed by atoms with Crippen molar-refractivity contribution in [2.24, 2.45) is 0 Å². The van der Waals surface area contributed by atoms with E-state index in [1.807, 2.05) is 30.3 Å². The van der Waals surface area contributed by atoms with Crippen molar-refractivity contribution in [1.29, 1.82) is 0 Å². The average Bonchev–Trinajstić information content (AvgIpc) is 2.31. The number of hydrogen-bond acceptors (Lipinski definition) is 3. The van der Waals surface area contributed by atoms with Crippen molar-refractivity contribution >= 4 is 29.8 Å². The standard InChI is InChI=1S/C12H11N3O.ClH/c13-11-10(7-4-8-14-11)12(16)15-9-5-2-1-3-6-9;/h1-8H,(H2,13,14)(H,15,16);1H. The minimum atomic E-state index is -0.253. The van der Waals surface area contributed by atoms with Crippen LogP contribution >= 0.6 is 12.4 Å². The van der Waals surface area contributed by atoms with Gasteiger partial charge in [-0.2, -0.15) is 0 Å². The summed E-state index contributed by atoms with van der Waals surface area (Å²) < 4.78 is 0. The average molecular weight is 250 g/mol. The Morgan fingerprint density at radius 2 is 1.82 bits per heavy atom. The number of carbonyl (C=O) groups excluding carboxylic acids is 1. The van der Waals surface area contributed by atoms with Gasteiger partial charge in [-0.1, -0.05) is 18.2 Å². The Morgan fingerprint density at radius 1 is 1.12 bits per heavy atom. The Labute approximate surface area is 105 Å². The number of carbonyl (C=O) groups is 1. The Morgan fingerprint density at radius 3 is 2.47 bits per heavy atom. The van der Waals surface area contributed by atoms with Crippen molar-refractivity contribution < 1.29 is 4.79 Å². The van der Waals surface area contributed by atoms with Gasteiger partial charge < -0.3 is 11.1 Å². The summed E-state index contributed by atoms with van der Waals surface area (Å²) in [5, 5.41) is 2.74. The second-order valence-corrected chi connectivity index (χ2v) is 3.26. The van der Waals surface area contributed by atoms with E-state index < -0.39 is 0 Å². The number of nitrogens with two attached hydrogens (primary N) is 1. The van der Waals surface area contributed by atoms with Gasteiger partial charge in [0, 0.05) is 11.9 Å². The number of hydrogen-bond donors (Lipinski definition) is 2. The zero-order chi connectivity index (χ0) is 11.4. The lowest BCUT2D eigenvalue weighted by atomic mass is 10.2. The number of rotatable bonds is 2. The highest BCUT2D eigenvalue weighted by Crippen LogP contribution is 2.11. The molecule has 17 heavy (non-hydrogen) atoms. The van der Waals surface area contributed by atoms with Gasteiger partial charge >= 0.3 is 0 Å². The van der Waals surface area contributed by atoms with E-state index in [1.54, 1.807) is 18.3 Å².